The first kappa shape index (κ1) is 30.1. The van der Waals surface area contributed by atoms with Crippen LogP contribution >= 0.6 is 0 Å². The fourth-order valence-corrected chi connectivity index (χ4v) is 7.17. The number of piperidine rings is 3. The highest BCUT2D eigenvalue weighted by molar-refractivity contribution is 5.83. The topological polar surface area (TPSA) is 99.3 Å². The number of hydrogen-bond acceptors (Lipinski definition) is 8. The lowest BCUT2D eigenvalue weighted by Gasteiger charge is -2.42. The third kappa shape index (κ3) is 6.49. The third-order valence-electron chi connectivity index (χ3n) is 9.41. The first-order chi connectivity index (χ1) is 20.1. The van der Waals surface area contributed by atoms with E-state index in [1.807, 2.05) is 32.7 Å². The van der Waals surface area contributed by atoms with Gasteiger partial charge in [0.15, 0.2) is 0 Å². The highest BCUT2D eigenvalue weighted by Gasteiger charge is 2.37. The second-order valence-electron chi connectivity index (χ2n) is 13.3. The monoisotopic (exact) mass is 576 g/mol. The molecular weight excluding hydrogens is 532 g/mol. The number of ether oxygens (including phenoxy) is 1. The number of nitrogens with one attached hydrogen (secondary N) is 1. The summed E-state index contributed by atoms with van der Waals surface area (Å²) in [5, 5.41) is 2.95. The first-order valence-electron chi connectivity index (χ1n) is 15.5. The number of hydrogen-bond donors (Lipinski definition) is 1. The predicted molar refractivity (Wildman–Crippen MR) is 161 cm³/mol. The van der Waals surface area contributed by atoms with Crippen molar-refractivity contribution < 1.29 is 23.9 Å². The van der Waals surface area contributed by atoms with E-state index in [1.165, 1.54) is 11.3 Å². The van der Waals surface area contributed by atoms with Gasteiger partial charge in [0.05, 0.1) is 6.54 Å². The Labute approximate surface area is 248 Å². The van der Waals surface area contributed by atoms with Crippen LogP contribution in [0.5, 0.6) is 0 Å². The van der Waals surface area contributed by atoms with E-state index in [1.54, 1.807) is 4.90 Å². The fourth-order valence-electron chi connectivity index (χ4n) is 7.17. The molecule has 1 aromatic carbocycles. The van der Waals surface area contributed by atoms with Gasteiger partial charge in [0.1, 0.15) is 34.7 Å². The molecule has 3 atom stereocenters. The van der Waals surface area contributed by atoms with Gasteiger partial charge in [-0.05, 0) is 89.8 Å². The predicted octanol–water partition coefficient (Wildman–Crippen LogP) is 4.02. The Bertz CT molecular complexity index is 1300. The molecular formula is C33H44N4O5. The second kappa shape index (κ2) is 12.5. The molecule has 5 rings (SSSR count). The Morgan fingerprint density at radius 1 is 1.00 bits per heavy atom. The van der Waals surface area contributed by atoms with Gasteiger partial charge in [-0.1, -0.05) is 12.1 Å². The minimum atomic E-state index is -0.518. The minimum Gasteiger partial charge on any atom is -0.444 e. The van der Waals surface area contributed by atoms with E-state index in [0.29, 0.717) is 68.8 Å². The van der Waals surface area contributed by atoms with Gasteiger partial charge in [0.25, 0.3) is 0 Å². The molecule has 0 saturated carbocycles. The van der Waals surface area contributed by atoms with Crippen LogP contribution in [-0.4, -0.2) is 84.0 Å². The van der Waals surface area contributed by atoms with Gasteiger partial charge in [-0.15, -0.1) is 0 Å². The molecule has 1 aromatic rings. The molecule has 42 heavy (non-hydrogen) atoms. The van der Waals surface area contributed by atoms with Gasteiger partial charge in [0.2, 0.25) is 0 Å². The van der Waals surface area contributed by atoms with E-state index in [2.05, 4.69) is 40.2 Å². The summed E-state index contributed by atoms with van der Waals surface area (Å²) < 4.78 is 5.50. The Balaban J connectivity index is 1.16. The highest BCUT2D eigenvalue weighted by atomic mass is 16.6. The number of allylic oxidation sites excluding steroid dienone is 2. The summed E-state index contributed by atoms with van der Waals surface area (Å²) in [5.74, 6) is 4.13. The summed E-state index contributed by atoms with van der Waals surface area (Å²) >= 11 is 0. The van der Waals surface area contributed by atoms with E-state index in [-0.39, 0.29) is 23.7 Å². The van der Waals surface area contributed by atoms with Gasteiger partial charge in [-0.25, -0.2) is 14.4 Å². The van der Waals surface area contributed by atoms with Crippen molar-refractivity contribution >= 4 is 29.4 Å². The molecule has 1 amide bonds. The lowest BCUT2D eigenvalue weighted by atomic mass is 9.84. The van der Waals surface area contributed by atoms with Gasteiger partial charge >= 0.3 is 6.09 Å². The van der Waals surface area contributed by atoms with Gasteiger partial charge < -0.3 is 19.9 Å². The normalized spacial score (nSPS) is 25.4. The first-order valence-corrected chi connectivity index (χ1v) is 15.5. The maximum Gasteiger partial charge on any atom is 0.410 e. The number of fused-ring (bicyclic) bond motifs is 1. The van der Waals surface area contributed by atoms with E-state index >= 15 is 0 Å². The largest absolute Gasteiger partial charge is 0.444 e. The van der Waals surface area contributed by atoms with Crippen LogP contribution in [0.25, 0.3) is 0 Å². The van der Waals surface area contributed by atoms with Crippen molar-refractivity contribution in [3.63, 3.8) is 0 Å². The summed E-state index contributed by atoms with van der Waals surface area (Å²) in [5.41, 5.74) is 4.01. The standard InChI is InChI=1S/C33H44N4O5/c1-22-18-25(12-16-36(22)19-31(40)23-10-14-35(15-11-23)32(41)42-33(2,3)4)37-17-13-28-26(6-5-7-30(28)37)27-9-8-24(20-38)34-29(27)21-39/h5-7,22-23,25,27,34H,8-19H2,1-4H3/t22-,25+,27+/m0/s1. The van der Waals surface area contributed by atoms with Crippen molar-refractivity contribution in [2.24, 2.45) is 5.92 Å². The molecule has 226 valence electrons. The molecule has 9 heteroatoms. The third-order valence-corrected chi connectivity index (χ3v) is 9.41. The molecule has 0 spiro atoms. The molecule has 4 aliphatic rings. The molecule has 0 unspecified atom stereocenters. The molecule has 0 aromatic heterocycles. The SMILES string of the molecule is C[C@H]1C[C@H](N2CCc3c([C@H]4CCC(=C=O)NC4=C=O)cccc32)CCN1CC(=O)C1CCN(C(=O)OC(C)(C)C)CC1. The molecule has 9 nitrogen and oxygen atoms in total. The number of nitrogens with zero attached hydrogens (tertiary/aromatic N) is 3. The van der Waals surface area contributed by atoms with E-state index in [0.717, 1.165) is 37.9 Å². The molecule has 3 saturated heterocycles. The Morgan fingerprint density at radius 3 is 2.43 bits per heavy atom. The zero-order chi connectivity index (χ0) is 30.0. The van der Waals surface area contributed by atoms with Gasteiger partial charge in [-0.2, -0.15) is 0 Å². The summed E-state index contributed by atoms with van der Waals surface area (Å²) in [6, 6.07) is 7.06. The lowest BCUT2D eigenvalue weighted by molar-refractivity contribution is -0.126. The van der Waals surface area contributed by atoms with Crippen LogP contribution in [0.2, 0.25) is 0 Å². The van der Waals surface area contributed by atoms with Crippen molar-refractivity contribution in [1.29, 1.82) is 0 Å². The smallest absolute Gasteiger partial charge is 0.410 e. The quantitative estimate of drug-likeness (QED) is 0.525. The highest BCUT2D eigenvalue weighted by Crippen LogP contribution is 2.41. The number of benzene rings is 1. The number of carbonyl (C=O) groups is 2. The number of likely N-dealkylation sites (tertiary alicyclic amines) is 2. The van der Waals surface area contributed by atoms with Crippen LogP contribution in [0.1, 0.15) is 83.3 Å². The lowest BCUT2D eigenvalue weighted by Crippen LogP contribution is -2.51. The van der Waals surface area contributed by atoms with Crippen LogP contribution in [0.4, 0.5) is 10.5 Å². The molecule has 1 N–H and O–H groups in total. The minimum absolute atomic E-state index is 0.00447. The number of amides is 1. The van der Waals surface area contributed by atoms with Crippen LogP contribution in [0.3, 0.4) is 0 Å². The van der Waals surface area contributed by atoms with E-state index in [9.17, 15) is 19.2 Å². The fraction of sp³-hybridized carbons (Fsp3) is 0.636. The Kier molecular flexibility index (Phi) is 8.93. The Morgan fingerprint density at radius 2 is 1.76 bits per heavy atom. The molecule has 3 fully saturated rings. The Hall–Kier alpha value is -3.38. The number of Topliss-reactive ketones (excluding diaryl/α,β-unsaturated/α-hetero) is 1. The number of anilines is 1. The average Bonchev–Trinajstić information content (AvgIpc) is 3.41. The second-order valence-corrected chi connectivity index (χ2v) is 13.3. The van der Waals surface area contributed by atoms with Crippen LogP contribution in [-0.2, 0) is 25.5 Å². The number of ketones is 1. The summed E-state index contributed by atoms with van der Waals surface area (Å²) in [7, 11) is 0. The van der Waals surface area contributed by atoms with Gasteiger partial charge in [0, 0.05) is 55.8 Å². The van der Waals surface area contributed by atoms with Crippen LogP contribution in [0, 0.1) is 5.92 Å². The van der Waals surface area contributed by atoms with Gasteiger partial charge in [-0.3, -0.25) is 9.69 Å². The zero-order valence-electron chi connectivity index (χ0n) is 25.4. The molecule has 0 aliphatic carbocycles. The summed E-state index contributed by atoms with van der Waals surface area (Å²) in [4.78, 5) is 55.1. The van der Waals surface area contributed by atoms with E-state index < -0.39 is 5.60 Å². The maximum absolute atomic E-state index is 13.3. The average molecular weight is 577 g/mol. The molecule has 4 heterocycles. The number of carbonyl (C=O) groups excluding carboxylic acids is 4. The van der Waals surface area contributed by atoms with Crippen LogP contribution in [0.15, 0.2) is 29.6 Å². The van der Waals surface area contributed by atoms with Crippen molar-refractivity contribution in [3.8, 4) is 0 Å². The van der Waals surface area contributed by atoms with E-state index in [4.69, 9.17) is 4.74 Å². The summed E-state index contributed by atoms with van der Waals surface area (Å²) in [6.45, 7) is 11.3. The molecule has 0 bridgehead atoms. The number of rotatable bonds is 5. The summed E-state index contributed by atoms with van der Waals surface area (Å²) in [6.07, 6.45) is 5.29. The molecule has 4 aliphatic heterocycles. The van der Waals surface area contributed by atoms with Crippen molar-refractivity contribution in [3.05, 3.63) is 40.7 Å². The van der Waals surface area contributed by atoms with Crippen molar-refractivity contribution in [1.82, 2.24) is 15.1 Å². The van der Waals surface area contributed by atoms with Crippen LogP contribution < -0.4 is 10.2 Å². The molecule has 0 radical (unpaired) electrons. The van der Waals surface area contributed by atoms with Crippen molar-refractivity contribution in [2.75, 3.05) is 37.6 Å². The maximum atomic E-state index is 13.3. The van der Waals surface area contributed by atoms with Crippen molar-refractivity contribution in [2.45, 2.75) is 96.2 Å². The zero-order valence-corrected chi connectivity index (χ0v) is 25.4.